The summed E-state index contributed by atoms with van der Waals surface area (Å²) in [5.41, 5.74) is 7.57. The Morgan fingerprint density at radius 1 is 1.03 bits per heavy atom. The monoisotopic (exact) mass is 391 g/mol. The first-order chi connectivity index (χ1) is 13.9. The number of aryl methyl sites for hydroxylation is 2. The lowest BCUT2D eigenvalue weighted by atomic mass is 9.99. The number of hydrogen-bond acceptors (Lipinski definition) is 1. The van der Waals surface area contributed by atoms with Crippen molar-refractivity contribution in [1.29, 1.82) is 0 Å². The Balaban J connectivity index is 0.000000351. The number of benzene rings is 2. The minimum atomic E-state index is 0.978. The number of piperidine rings is 1. The van der Waals surface area contributed by atoms with Crippen molar-refractivity contribution >= 4 is 17.7 Å². The number of nitrogens with zero attached hydrogens (tertiary/aromatic N) is 1. The first-order valence-corrected chi connectivity index (χ1v) is 11.1. The molecule has 1 nitrogen and oxygen atoms in total. The van der Waals surface area contributed by atoms with Gasteiger partial charge >= 0.3 is 0 Å². The molecule has 0 N–H and O–H groups in total. The minimum absolute atomic E-state index is 0.978. The van der Waals surface area contributed by atoms with Crippen molar-refractivity contribution in [2.75, 3.05) is 20.1 Å². The van der Waals surface area contributed by atoms with Gasteiger partial charge in [-0.2, -0.15) is 0 Å². The molecule has 0 aliphatic carbocycles. The van der Waals surface area contributed by atoms with Gasteiger partial charge < -0.3 is 4.90 Å². The van der Waals surface area contributed by atoms with Crippen LogP contribution in [0.1, 0.15) is 68.4 Å². The molecule has 0 radical (unpaired) electrons. The SMILES string of the molecule is C=Cc1ccc(C)c(/C=C(\C)c2cccc(C)c2)c1.CC.CC1CCN(C)CC1. The lowest BCUT2D eigenvalue weighted by molar-refractivity contribution is 0.230. The van der Waals surface area contributed by atoms with Crippen molar-refractivity contribution in [3.8, 4) is 0 Å². The molecule has 1 aliphatic heterocycles. The van der Waals surface area contributed by atoms with Gasteiger partial charge in [0.05, 0.1) is 0 Å². The number of hydrogen-bond donors (Lipinski definition) is 0. The highest BCUT2D eigenvalue weighted by atomic mass is 15.1. The smallest absolute Gasteiger partial charge is 0.00192 e. The van der Waals surface area contributed by atoms with Crippen LogP contribution in [-0.4, -0.2) is 25.0 Å². The van der Waals surface area contributed by atoms with Crippen molar-refractivity contribution in [3.63, 3.8) is 0 Å². The van der Waals surface area contributed by atoms with Gasteiger partial charge in [0.2, 0.25) is 0 Å². The summed E-state index contributed by atoms with van der Waals surface area (Å²) in [7, 11) is 2.20. The van der Waals surface area contributed by atoms with E-state index in [1.54, 1.807) is 0 Å². The van der Waals surface area contributed by atoms with E-state index in [9.17, 15) is 0 Å². The van der Waals surface area contributed by atoms with Gasteiger partial charge in [0.1, 0.15) is 0 Å². The predicted molar refractivity (Wildman–Crippen MR) is 133 cm³/mol. The van der Waals surface area contributed by atoms with Crippen LogP contribution in [0.5, 0.6) is 0 Å². The lowest BCUT2D eigenvalue weighted by Crippen LogP contribution is -2.28. The van der Waals surface area contributed by atoms with Gasteiger partial charge in [0.25, 0.3) is 0 Å². The van der Waals surface area contributed by atoms with E-state index in [-0.39, 0.29) is 0 Å². The first-order valence-electron chi connectivity index (χ1n) is 11.1. The molecular formula is C28H41N. The van der Waals surface area contributed by atoms with Gasteiger partial charge in [-0.1, -0.05) is 81.5 Å². The lowest BCUT2D eigenvalue weighted by Gasteiger charge is -2.26. The maximum Gasteiger partial charge on any atom is -0.00192 e. The summed E-state index contributed by atoms with van der Waals surface area (Å²) in [6, 6.07) is 15.0. The van der Waals surface area contributed by atoms with Crippen LogP contribution in [0.25, 0.3) is 17.7 Å². The molecule has 0 saturated carbocycles. The van der Waals surface area contributed by atoms with Crippen LogP contribution >= 0.6 is 0 Å². The third-order valence-corrected chi connectivity index (χ3v) is 5.39. The molecule has 0 amide bonds. The van der Waals surface area contributed by atoms with Gasteiger partial charge in [-0.05, 0) is 93.6 Å². The van der Waals surface area contributed by atoms with Crippen LogP contribution in [0.2, 0.25) is 0 Å². The fraction of sp³-hybridized carbons (Fsp3) is 0.429. The number of likely N-dealkylation sites (tertiary alicyclic amines) is 1. The Labute approximate surface area is 180 Å². The zero-order chi connectivity index (χ0) is 21.8. The highest BCUT2D eigenvalue weighted by Crippen LogP contribution is 2.21. The third kappa shape index (κ3) is 8.83. The average molecular weight is 392 g/mol. The Kier molecular flexibility index (Phi) is 11.3. The summed E-state index contributed by atoms with van der Waals surface area (Å²) >= 11 is 0. The molecule has 0 atom stereocenters. The Morgan fingerprint density at radius 2 is 1.69 bits per heavy atom. The highest BCUT2D eigenvalue weighted by Gasteiger charge is 2.10. The second kappa shape index (κ2) is 13.2. The van der Waals surface area contributed by atoms with E-state index < -0.39 is 0 Å². The Morgan fingerprint density at radius 3 is 2.24 bits per heavy atom. The summed E-state index contributed by atoms with van der Waals surface area (Å²) in [5.74, 6) is 0.978. The Bertz CT molecular complexity index is 767. The molecule has 0 aromatic heterocycles. The van der Waals surface area contributed by atoms with Gasteiger partial charge in [0, 0.05) is 0 Å². The largest absolute Gasteiger partial charge is 0.306 e. The van der Waals surface area contributed by atoms with E-state index >= 15 is 0 Å². The maximum atomic E-state index is 3.83. The molecule has 29 heavy (non-hydrogen) atoms. The molecule has 1 heterocycles. The normalized spacial score (nSPS) is 14.9. The quantitative estimate of drug-likeness (QED) is 0.481. The first kappa shape index (κ1) is 24.9. The van der Waals surface area contributed by atoms with Crippen LogP contribution in [0.15, 0.2) is 49.0 Å². The molecular weight excluding hydrogens is 350 g/mol. The molecule has 0 spiro atoms. The van der Waals surface area contributed by atoms with Gasteiger partial charge in [-0.3, -0.25) is 0 Å². The molecule has 0 bridgehead atoms. The number of allylic oxidation sites excluding steroid dienone is 1. The van der Waals surface area contributed by atoms with E-state index in [1.807, 2.05) is 19.9 Å². The number of rotatable bonds is 3. The fourth-order valence-corrected chi connectivity index (χ4v) is 3.29. The van der Waals surface area contributed by atoms with Crippen LogP contribution in [0.4, 0.5) is 0 Å². The zero-order valence-electron chi connectivity index (χ0n) is 19.8. The minimum Gasteiger partial charge on any atom is -0.306 e. The maximum absolute atomic E-state index is 3.83. The third-order valence-electron chi connectivity index (χ3n) is 5.39. The molecule has 3 rings (SSSR count). The van der Waals surface area contributed by atoms with E-state index in [4.69, 9.17) is 0 Å². The van der Waals surface area contributed by atoms with E-state index in [2.05, 4.69) is 94.8 Å². The van der Waals surface area contributed by atoms with Gasteiger partial charge in [0.15, 0.2) is 0 Å². The molecule has 0 unspecified atom stereocenters. The molecule has 1 fully saturated rings. The summed E-state index contributed by atoms with van der Waals surface area (Å²) < 4.78 is 0. The fourth-order valence-electron chi connectivity index (χ4n) is 3.29. The molecule has 1 heteroatoms. The molecule has 2 aromatic carbocycles. The van der Waals surface area contributed by atoms with Crippen molar-refractivity contribution in [3.05, 3.63) is 76.9 Å². The standard InChI is InChI=1S/C19H20.C7H15N.C2H6/c1-5-17-10-9-15(3)19(13-17)12-16(4)18-8-6-7-14(2)11-18;1-7-3-5-8(2)6-4-7;1-2/h5-13H,1H2,2-4H3;7H,3-6H2,1-2H3;1-2H3/b16-12+;;. The van der Waals surface area contributed by atoms with Crippen molar-refractivity contribution in [2.45, 2.75) is 54.4 Å². The van der Waals surface area contributed by atoms with E-state index in [0.717, 1.165) is 11.5 Å². The topological polar surface area (TPSA) is 3.24 Å². The molecule has 1 saturated heterocycles. The van der Waals surface area contributed by atoms with Crippen LogP contribution < -0.4 is 0 Å². The van der Waals surface area contributed by atoms with Crippen LogP contribution in [0, 0.1) is 19.8 Å². The predicted octanol–water partition coefficient (Wildman–Crippen LogP) is 7.88. The summed E-state index contributed by atoms with van der Waals surface area (Å²) in [6.07, 6.45) is 6.93. The second-order valence-corrected chi connectivity index (χ2v) is 8.00. The second-order valence-electron chi connectivity index (χ2n) is 8.00. The highest BCUT2D eigenvalue weighted by molar-refractivity contribution is 5.81. The molecule has 158 valence electrons. The summed E-state index contributed by atoms with van der Waals surface area (Å²) in [6.45, 7) is 19.2. The van der Waals surface area contributed by atoms with Crippen molar-refractivity contribution < 1.29 is 0 Å². The van der Waals surface area contributed by atoms with Crippen molar-refractivity contribution in [2.24, 2.45) is 5.92 Å². The van der Waals surface area contributed by atoms with Crippen LogP contribution in [0.3, 0.4) is 0 Å². The Hall–Kier alpha value is -2.12. The average Bonchev–Trinajstić information content (AvgIpc) is 2.73. The molecule has 1 aliphatic rings. The molecule has 2 aromatic rings. The summed E-state index contributed by atoms with van der Waals surface area (Å²) in [4.78, 5) is 2.40. The summed E-state index contributed by atoms with van der Waals surface area (Å²) in [5, 5.41) is 0. The van der Waals surface area contributed by atoms with Crippen molar-refractivity contribution in [1.82, 2.24) is 4.90 Å². The van der Waals surface area contributed by atoms with Gasteiger partial charge in [-0.15, -0.1) is 0 Å². The van der Waals surface area contributed by atoms with E-state index in [1.165, 1.54) is 53.8 Å². The van der Waals surface area contributed by atoms with E-state index in [0.29, 0.717) is 0 Å². The van der Waals surface area contributed by atoms with Crippen LogP contribution in [-0.2, 0) is 0 Å². The zero-order valence-corrected chi connectivity index (χ0v) is 19.8. The van der Waals surface area contributed by atoms with Gasteiger partial charge in [-0.25, -0.2) is 0 Å².